The van der Waals surface area contributed by atoms with Crippen LogP contribution in [0.5, 0.6) is 5.75 Å². The number of hydrogen-bond acceptors (Lipinski definition) is 3. The summed E-state index contributed by atoms with van der Waals surface area (Å²) in [4.78, 5) is 13.2. The van der Waals surface area contributed by atoms with Crippen molar-refractivity contribution in [3.8, 4) is 5.75 Å². The van der Waals surface area contributed by atoms with Crippen LogP contribution in [-0.4, -0.2) is 23.6 Å². The Labute approximate surface area is 186 Å². The van der Waals surface area contributed by atoms with Gasteiger partial charge in [0.1, 0.15) is 5.75 Å². The molecule has 0 bridgehead atoms. The second-order valence-electron chi connectivity index (χ2n) is 8.74. The van der Waals surface area contributed by atoms with Crippen LogP contribution in [0.1, 0.15) is 64.9 Å². The van der Waals surface area contributed by atoms with Gasteiger partial charge in [0.25, 0.3) is 5.91 Å². The number of aromatic hydroxyl groups is 1. The van der Waals surface area contributed by atoms with Gasteiger partial charge in [-0.2, -0.15) is 0 Å². The van der Waals surface area contributed by atoms with E-state index in [1.54, 1.807) is 12.1 Å². The summed E-state index contributed by atoms with van der Waals surface area (Å²) in [6, 6.07) is 7.47. The Hall–Kier alpha value is -2.75. The number of rotatable bonds is 7. The molecule has 1 aliphatic carbocycles. The van der Waals surface area contributed by atoms with Crippen LogP contribution in [-0.2, 0) is 4.79 Å². The molecule has 1 fully saturated rings. The fourth-order valence-corrected chi connectivity index (χ4v) is 4.46. The van der Waals surface area contributed by atoms with E-state index in [1.807, 2.05) is 19.1 Å². The van der Waals surface area contributed by atoms with Crippen molar-refractivity contribution in [1.29, 1.82) is 0 Å². The minimum absolute atomic E-state index is 0.00591. The average molecular weight is 421 g/mol. The van der Waals surface area contributed by atoms with Crippen LogP contribution in [0.3, 0.4) is 0 Å². The quantitative estimate of drug-likeness (QED) is 0.511. The molecule has 1 aliphatic heterocycles. The second kappa shape index (κ2) is 10.5. The predicted molar refractivity (Wildman–Crippen MR) is 128 cm³/mol. The van der Waals surface area contributed by atoms with Gasteiger partial charge in [-0.15, -0.1) is 0 Å². The zero-order valence-corrected chi connectivity index (χ0v) is 19.2. The molecule has 1 amide bonds. The molecule has 1 saturated carbocycles. The first-order valence-corrected chi connectivity index (χ1v) is 11.5. The first kappa shape index (κ1) is 22.9. The van der Waals surface area contributed by atoms with Crippen LogP contribution >= 0.6 is 0 Å². The molecule has 3 N–H and O–H groups in total. The molecule has 0 aromatic heterocycles. The molecule has 4 heteroatoms. The van der Waals surface area contributed by atoms with E-state index in [9.17, 15) is 9.90 Å². The number of hydrogen-bond donors (Lipinski definition) is 3. The van der Waals surface area contributed by atoms with Crippen LogP contribution in [0.2, 0.25) is 0 Å². The van der Waals surface area contributed by atoms with E-state index >= 15 is 0 Å². The Kier molecular flexibility index (Phi) is 7.78. The molecule has 4 nitrogen and oxygen atoms in total. The summed E-state index contributed by atoms with van der Waals surface area (Å²) in [5.41, 5.74) is 5.39. The highest BCUT2D eigenvalue weighted by atomic mass is 16.3. The van der Waals surface area contributed by atoms with E-state index in [1.165, 1.54) is 24.8 Å². The summed E-state index contributed by atoms with van der Waals surface area (Å²) < 4.78 is 0. The minimum atomic E-state index is 0.00591. The lowest BCUT2D eigenvalue weighted by molar-refractivity contribution is -0.117. The Morgan fingerprint density at radius 3 is 2.55 bits per heavy atom. The number of phenols is 1. The molecule has 0 spiro atoms. The van der Waals surface area contributed by atoms with Gasteiger partial charge in [-0.25, -0.2) is 0 Å². The van der Waals surface area contributed by atoms with E-state index in [-0.39, 0.29) is 23.6 Å². The van der Waals surface area contributed by atoms with E-state index in [0.717, 1.165) is 35.2 Å². The van der Waals surface area contributed by atoms with Crippen molar-refractivity contribution < 1.29 is 9.90 Å². The number of benzene rings is 1. The fraction of sp³-hybridized carbons (Fsp3) is 0.444. The van der Waals surface area contributed by atoms with Crippen LogP contribution < -0.4 is 10.6 Å². The SMILES string of the molecule is C\C=C/C(=C\NCC)C(=C/C1=C(C)C(c2ccc(O)cc2)CC(C)NC1=O)/C1CCC1. The van der Waals surface area contributed by atoms with Crippen molar-refractivity contribution in [3.05, 3.63) is 76.5 Å². The maximum Gasteiger partial charge on any atom is 0.251 e. The molecule has 0 saturated heterocycles. The molecule has 1 aromatic carbocycles. The van der Waals surface area contributed by atoms with Crippen molar-refractivity contribution >= 4 is 5.91 Å². The predicted octanol–water partition coefficient (Wildman–Crippen LogP) is 5.50. The largest absolute Gasteiger partial charge is 0.508 e. The number of amides is 1. The normalized spacial score (nSPS) is 23.5. The van der Waals surface area contributed by atoms with Crippen molar-refractivity contribution in [1.82, 2.24) is 10.6 Å². The number of carbonyl (C=O) groups excluding carboxylic acids is 1. The van der Waals surface area contributed by atoms with Crippen molar-refractivity contribution in [3.63, 3.8) is 0 Å². The monoisotopic (exact) mass is 420 g/mol. The summed E-state index contributed by atoms with van der Waals surface area (Å²) in [7, 11) is 0. The van der Waals surface area contributed by atoms with Gasteiger partial charge in [-0.1, -0.05) is 36.3 Å². The highest BCUT2D eigenvalue weighted by Crippen LogP contribution is 2.40. The maximum absolute atomic E-state index is 13.2. The third kappa shape index (κ3) is 5.49. The zero-order valence-electron chi connectivity index (χ0n) is 19.2. The van der Waals surface area contributed by atoms with E-state index in [4.69, 9.17) is 0 Å². The van der Waals surface area contributed by atoms with E-state index in [0.29, 0.717) is 5.92 Å². The smallest absolute Gasteiger partial charge is 0.251 e. The summed E-state index contributed by atoms with van der Waals surface area (Å²) in [5, 5.41) is 16.2. The molecule has 3 rings (SSSR count). The summed E-state index contributed by atoms with van der Waals surface area (Å²) >= 11 is 0. The van der Waals surface area contributed by atoms with Crippen LogP contribution in [0, 0.1) is 5.92 Å². The molecular weight excluding hydrogens is 384 g/mol. The van der Waals surface area contributed by atoms with Crippen molar-refractivity contribution in [2.45, 2.75) is 65.3 Å². The molecular formula is C27H36N2O2. The van der Waals surface area contributed by atoms with Crippen LogP contribution in [0.15, 0.2) is 71.0 Å². The molecule has 2 aliphatic rings. The fourth-order valence-electron chi connectivity index (χ4n) is 4.46. The molecule has 2 atom stereocenters. The highest BCUT2D eigenvalue weighted by molar-refractivity contribution is 5.98. The number of nitrogens with one attached hydrogen (secondary N) is 2. The number of allylic oxidation sites excluding steroid dienone is 5. The van der Waals surface area contributed by atoms with Gasteiger partial charge in [-0.05, 0) is 87.8 Å². The molecule has 166 valence electrons. The van der Waals surface area contributed by atoms with Crippen LogP contribution in [0.25, 0.3) is 0 Å². The first-order valence-electron chi connectivity index (χ1n) is 11.5. The standard InChI is InChI=1S/C27H36N2O2/c1-5-8-22(17-28-6-2)26(20-9-7-10-20)16-25-19(4)24(15-18(3)29-27(25)31)21-11-13-23(30)14-12-21/h5,8,11-14,16-18,20,24,28,30H,6-7,9-10,15H2,1-4H3,(H,29,31)/b8-5-,22-17+,26-16+. The Morgan fingerprint density at radius 1 is 1.26 bits per heavy atom. The Balaban J connectivity index is 2.11. The third-order valence-electron chi connectivity index (χ3n) is 6.44. The average Bonchev–Trinajstić information content (AvgIpc) is 2.80. The zero-order chi connectivity index (χ0) is 22.4. The van der Waals surface area contributed by atoms with Gasteiger partial charge < -0.3 is 15.7 Å². The van der Waals surface area contributed by atoms with Crippen LogP contribution in [0.4, 0.5) is 0 Å². The molecule has 31 heavy (non-hydrogen) atoms. The van der Waals surface area contributed by atoms with Gasteiger partial charge in [0, 0.05) is 30.3 Å². The Bertz CT molecular complexity index is 902. The lowest BCUT2D eigenvalue weighted by atomic mass is 9.75. The van der Waals surface area contributed by atoms with E-state index < -0.39 is 0 Å². The first-order chi connectivity index (χ1) is 14.9. The number of phenolic OH excluding ortho intramolecular Hbond substituents is 1. The molecule has 2 unspecified atom stereocenters. The maximum atomic E-state index is 13.2. The Morgan fingerprint density at radius 2 is 1.97 bits per heavy atom. The highest BCUT2D eigenvalue weighted by Gasteiger charge is 2.29. The van der Waals surface area contributed by atoms with Gasteiger partial charge >= 0.3 is 0 Å². The van der Waals surface area contributed by atoms with Gasteiger partial charge in [-0.3, -0.25) is 4.79 Å². The van der Waals surface area contributed by atoms with Gasteiger partial charge in [0.15, 0.2) is 0 Å². The lowest BCUT2D eigenvalue weighted by Crippen LogP contribution is -2.32. The summed E-state index contributed by atoms with van der Waals surface area (Å²) in [5.74, 6) is 0.887. The summed E-state index contributed by atoms with van der Waals surface area (Å²) in [6.45, 7) is 9.13. The van der Waals surface area contributed by atoms with Gasteiger partial charge in [0.05, 0.1) is 0 Å². The lowest BCUT2D eigenvalue weighted by Gasteiger charge is -2.30. The van der Waals surface area contributed by atoms with Gasteiger partial charge in [0.2, 0.25) is 0 Å². The van der Waals surface area contributed by atoms with E-state index in [2.05, 4.69) is 55.8 Å². The number of carbonyl (C=O) groups is 1. The molecule has 1 aromatic rings. The van der Waals surface area contributed by atoms with Crippen molar-refractivity contribution in [2.24, 2.45) is 5.92 Å². The van der Waals surface area contributed by atoms with Crippen molar-refractivity contribution in [2.75, 3.05) is 6.54 Å². The minimum Gasteiger partial charge on any atom is -0.508 e. The summed E-state index contributed by atoms with van der Waals surface area (Å²) in [6.07, 6.45) is 12.8. The molecule has 1 heterocycles. The molecule has 0 radical (unpaired) electrons. The topological polar surface area (TPSA) is 61.4 Å². The third-order valence-corrected chi connectivity index (χ3v) is 6.44. The second-order valence-corrected chi connectivity index (χ2v) is 8.74.